The molecule has 0 aliphatic heterocycles. The Balaban J connectivity index is 2.69. The molecule has 1 N–H and O–H groups in total. The van der Waals surface area contributed by atoms with Crippen LogP contribution in [0.15, 0.2) is 12.3 Å². The molecule has 6 nitrogen and oxygen atoms in total. The maximum Gasteiger partial charge on any atom is 0.408 e. The first-order valence-corrected chi connectivity index (χ1v) is 6.69. The first-order valence-electron chi connectivity index (χ1n) is 6.69. The van der Waals surface area contributed by atoms with Gasteiger partial charge < -0.3 is 14.8 Å². The number of ether oxygens (including phenoxy) is 1. The molecular weight excluding hydrogens is 258 g/mol. The van der Waals surface area contributed by atoms with Gasteiger partial charge in [-0.05, 0) is 32.8 Å². The number of rotatable bonds is 5. The number of carbonyl (C=O) groups excluding carboxylic acids is 2. The molecule has 112 valence electrons. The molecule has 1 amide bonds. The number of hydrogen-bond acceptors (Lipinski definition) is 4. The Morgan fingerprint density at radius 3 is 2.65 bits per heavy atom. The second kappa shape index (κ2) is 6.54. The molecule has 1 rings (SSSR count). The van der Waals surface area contributed by atoms with E-state index in [9.17, 15) is 9.59 Å². The van der Waals surface area contributed by atoms with Gasteiger partial charge in [0.25, 0.3) is 0 Å². The monoisotopic (exact) mass is 281 g/mol. The topological polar surface area (TPSA) is 73.2 Å². The van der Waals surface area contributed by atoms with E-state index in [1.807, 2.05) is 0 Å². The van der Waals surface area contributed by atoms with Gasteiger partial charge in [0.05, 0.1) is 5.69 Å². The highest BCUT2D eigenvalue weighted by Crippen LogP contribution is 2.12. The van der Waals surface area contributed by atoms with Gasteiger partial charge in [0.1, 0.15) is 17.9 Å². The van der Waals surface area contributed by atoms with Crippen LogP contribution in [0.25, 0.3) is 0 Å². The molecule has 1 heterocycles. The summed E-state index contributed by atoms with van der Waals surface area (Å²) in [7, 11) is 0. The van der Waals surface area contributed by atoms with Crippen molar-refractivity contribution in [3.63, 3.8) is 0 Å². The van der Waals surface area contributed by atoms with E-state index in [1.54, 1.807) is 37.7 Å². The van der Waals surface area contributed by atoms with E-state index in [4.69, 9.17) is 4.74 Å². The van der Waals surface area contributed by atoms with Crippen LogP contribution in [0.5, 0.6) is 0 Å². The van der Waals surface area contributed by atoms with Gasteiger partial charge in [0.2, 0.25) is 0 Å². The molecule has 0 aromatic carbocycles. The Morgan fingerprint density at radius 2 is 2.15 bits per heavy atom. The van der Waals surface area contributed by atoms with Gasteiger partial charge in [-0.15, -0.1) is 0 Å². The molecule has 0 bridgehead atoms. The van der Waals surface area contributed by atoms with E-state index in [1.165, 1.54) is 0 Å². The van der Waals surface area contributed by atoms with Crippen molar-refractivity contribution in [2.75, 3.05) is 0 Å². The molecule has 6 heteroatoms. The predicted molar refractivity (Wildman–Crippen MR) is 75.2 cm³/mol. The van der Waals surface area contributed by atoms with E-state index in [0.717, 1.165) is 6.54 Å². The number of hydrogen-bond donors (Lipinski definition) is 1. The van der Waals surface area contributed by atoms with Crippen LogP contribution in [0, 0.1) is 5.92 Å². The van der Waals surface area contributed by atoms with Gasteiger partial charge in [-0.1, -0.05) is 13.8 Å². The van der Waals surface area contributed by atoms with Crippen molar-refractivity contribution in [3.05, 3.63) is 18.0 Å². The number of amides is 1. The summed E-state index contributed by atoms with van der Waals surface area (Å²) in [5, 5.41) is 6.79. The van der Waals surface area contributed by atoms with E-state index < -0.39 is 17.7 Å². The number of nitrogens with zero attached hydrogens (tertiary/aromatic N) is 2. The van der Waals surface area contributed by atoms with E-state index in [2.05, 4.69) is 24.3 Å². The molecule has 0 radical (unpaired) electrons. The highest BCUT2D eigenvalue weighted by atomic mass is 16.6. The number of aromatic nitrogens is 2. The minimum absolute atomic E-state index is 0.455. The Morgan fingerprint density at radius 1 is 1.50 bits per heavy atom. The minimum atomic E-state index is -0.793. The van der Waals surface area contributed by atoms with Crippen molar-refractivity contribution >= 4 is 12.4 Å². The summed E-state index contributed by atoms with van der Waals surface area (Å²) in [4.78, 5) is 22.8. The molecule has 0 aliphatic rings. The lowest BCUT2D eigenvalue weighted by molar-refractivity contribution is -0.109. The van der Waals surface area contributed by atoms with Crippen molar-refractivity contribution in [1.29, 1.82) is 0 Å². The van der Waals surface area contributed by atoms with E-state index in [-0.39, 0.29) is 0 Å². The van der Waals surface area contributed by atoms with Crippen LogP contribution in [-0.4, -0.2) is 27.8 Å². The summed E-state index contributed by atoms with van der Waals surface area (Å²) in [5.74, 6) is 0.455. The van der Waals surface area contributed by atoms with Gasteiger partial charge in [0.15, 0.2) is 0 Å². The molecule has 1 unspecified atom stereocenters. The lowest BCUT2D eigenvalue weighted by Crippen LogP contribution is -2.35. The fraction of sp³-hybridized carbons (Fsp3) is 0.643. The molecule has 0 aliphatic carbocycles. The van der Waals surface area contributed by atoms with Crippen LogP contribution in [0.4, 0.5) is 4.79 Å². The normalized spacial score (nSPS) is 13.1. The SMILES string of the molecule is CC(C)Cn1ccc(C(C=O)NC(=O)OC(C)(C)C)n1. The van der Waals surface area contributed by atoms with Crippen LogP contribution in [0.1, 0.15) is 46.4 Å². The Hall–Kier alpha value is -1.85. The van der Waals surface area contributed by atoms with Gasteiger partial charge in [-0.25, -0.2) is 4.79 Å². The molecule has 1 aromatic heterocycles. The summed E-state index contributed by atoms with van der Waals surface area (Å²) in [6, 6.07) is 0.928. The van der Waals surface area contributed by atoms with Crippen LogP contribution in [0.3, 0.4) is 0 Å². The zero-order chi connectivity index (χ0) is 15.3. The Bertz CT molecular complexity index is 460. The van der Waals surface area contributed by atoms with Crippen molar-refractivity contribution < 1.29 is 14.3 Å². The lowest BCUT2D eigenvalue weighted by atomic mass is 10.2. The summed E-state index contributed by atoms with van der Waals surface area (Å²) < 4.78 is 6.88. The lowest BCUT2D eigenvalue weighted by Gasteiger charge is -2.21. The smallest absolute Gasteiger partial charge is 0.408 e. The summed E-state index contributed by atoms with van der Waals surface area (Å²) in [6.45, 7) is 10.2. The van der Waals surface area contributed by atoms with Crippen molar-refractivity contribution in [2.45, 2.75) is 52.8 Å². The van der Waals surface area contributed by atoms with Gasteiger partial charge in [0, 0.05) is 12.7 Å². The van der Waals surface area contributed by atoms with E-state index in [0.29, 0.717) is 17.9 Å². The third kappa shape index (κ3) is 5.42. The molecule has 20 heavy (non-hydrogen) atoms. The second-order valence-corrected chi connectivity index (χ2v) is 6.12. The molecular formula is C14H23N3O3. The maximum absolute atomic E-state index is 11.7. The predicted octanol–water partition coefficient (Wildman–Crippen LogP) is 2.30. The molecule has 0 saturated carbocycles. The van der Waals surface area contributed by atoms with Crippen LogP contribution < -0.4 is 5.32 Å². The second-order valence-electron chi connectivity index (χ2n) is 6.12. The van der Waals surface area contributed by atoms with Crippen molar-refractivity contribution in [1.82, 2.24) is 15.1 Å². The highest BCUT2D eigenvalue weighted by Gasteiger charge is 2.21. The van der Waals surface area contributed by atoms with Crippen molar-refractivity contribution in [3.8, 4) is 0 Å². The molecule has 1 aromatic rings. The summed E-state index contributed by atoms with van der Waals surface area (Å²) in [5.41, 5.74) is -0.0966. The first kappa shape index (κ1) is 16.2. The third-order valence-electron chi connectivity index (χ3n) is 2.34. The first-order chi connectivity index (χ1) is 9.21. The Labute approximate surface area is 119 Å². The summed E-state index contributed by atoms with van der Waals surface area (Å²) in [6.07, 6.45) is 1.81. The van der Waals surface area contributed by atoms with E-state index >= 15 is 0 Å². The van der Waals surface area contributed by atoms with Crippen LogP contribution in [-0.2, 0) is 16.1 Å². The zero-order valence-corrected chi connectivity index (χ0v) is 12.7. The standard InChI is InChI=1S/C14H23N3O3/c1-10(2)8-17-7-6-11(16-17)12(9-18)15-13(19)20-14(3,4)5/h6-7,9-10,12H,8H2,1-5H3,(H,15,19). The summed E-state index contributed by atoms with van der Waals surface area (Å²) >= 11 is 0. The fourth-order valence-corrected chi connectivity index (χ4v) is 1.63. The van der Waals surface area contributed by atoms with Crippen LogP contribution in [0.2, 0.25) is 0 Å². The minimum Gasteiger partial charge on any atom is -0.444 e. The van der Waals surface area contributed by atoms with Gasteiger partial charge in [-0.3, -0.25) is 4.68 Å². The van der Waals surface area contributed by atoms with Crippen LogP contribution >= 0.6 is 0 Å². The third-order valence-corrected chi connectivity index (χ3v) is 2.34. The molecule has 0 saturated heterocycles. The Kier molecular flexibility index (Phi) is 5.30. The molecule has 0 spiro atoms. The highest BCUT2D eigenvalue weighted by molar-refractivity contribution is 5.74. The average molecular weight is 281 g/mol. The number of nitrogens with one attached hydrogen (secondary N) is 1. The number of aldehydes is 1. The zero-order valence-electron chi connectivity index (χ0n) is 12.7. The van der Waals surface area contributed by atoms with Gasteiger partial charge >= 0.3 is 6.09 Å². The van der Waals surface area contributed by atoms with Gasteiger partial charge in [-0.2, -0.15) is 5.10 Å². The van der Waals surface area contributed by atoms with Crippen molar-refractivity contribution in [2.24, 2.45) is 5.92 Å². The number of carbonyl (C=O) groups is 2. The quantitative estimate of drug-likeness (QED) is 0.840. The molecule has 1 atom stereocenters. The average Bonchev–Trinajstić information content (AvgIpc) is 2.70. The maximum atomic E-state index is 11.7. The number of alkyl carbamates (subject to hydrolysis) is 1. The molecule has 0 fully saturated rings. The fourth-order valence-electron chi connectivity index (χ4n) is 1.63. The largest absolute Gasteiger partial charge is 0.444 e.